The normalized spacial score (nSPS) is 39.8. The largest absolute Gasteiger partial charge is 0.376 e. The first-order valence-electron chi connectivity index (χ1n) is 2.56. The lowest BCUT2D eigenvalue weighted by atomic mass is 10.4. The third kappa shape index (κ3) is 1.41. The van der Waals surface area contributed by atoms with Crippen LogP contribution in [0.25, 0.3) is 0 Å². The highest BCUT2D eigenvalue weighted by molar-refractivity contribution is 4.65. The summed E-state index contributed by atoms with van der Waals surface area (Å²) in [6.45, 7) is 0.824. The minimum Gasteiger partial charge on any atom is -0.376 e. The van der Waals surface area contributed by atoms with Crippen LogP contribution in [0.3, 0.4) is 0 Å². The van der Waals surface area contributed by atoms with Crippen LogP contribution in [-0.4, -0.2) is 30.7 Å². The molecule has 0 aliphatic carbocycles. The molecule has 0 aromatic heterocycles. The fourth-order valence-electron chi connectivity index (χ4n) is 0.650. The third-order valence-corrected chi connectivity index (χ3v) is 0.980. The molecular weight excluding hydrogens is 108 g/mol. The van der Waals surface area contributed by atoms with E-state index in [2.05, 4.69) is 5.32 Å². The Hall–Kier alpha value is -0.160. The fraction of sp³-hybridized carbons (Fsp3) is 1.00. The molecule has 0 radical (unpaired) electrons. The topological polar surface area (TPSA) is 67.5 Å². The first kappa shape index (κ1) is 5.97. The van der Waals surface area contributed by atoms with Crippen molar-refractivity contribution in [2.24, 2.45) is 5.73 Å². The predicted octanol–water partition coefficient (Wildman–Crippen LogP) is -1.79. The maximum absolute atomic E-state index is 8.76. The monoisotopic (exact) mass is 118 g/mol. The number of morpholine rings is 1. The Morgan fingerprint density at radius 3 is 2.75 bits per heavy atom. The maximum Gasteiger partial charge on any atom is 0.129 e. The Labute approximate surface area is 47.6 Å². The van der Waals surface area contributed by atoms with Crippen molar-refractivity contribution in [3.05, 3.63) is 0 Å². The molecule has 0 amide bonds. The first-order chi connectivity index (χ1) is 3.79. The number of nitrogens with one attached hydrogen (secondary N) is 1. The molecule has 8 heavy (non-hydrogen) atoms. The van der Waals surface area contributed by atoms with Crippen LogP contribution in [0.1, 0.15) is 0 Å². The zero-order valence-corrected chi connectivity index (χ0v) is 4.50. The highest BCUT2D eigenvalue weighted by Gasteiger charge is 2.14. The van der Waals surface area contributed by atoms with E-state index in [-0.39, 0.29) is 6.17 Å². The second-order valence-corrected chi connectivity index (χ2v) is 1.83. The van der Waals surface area contributed by atoms with Gasteiger partial charge in [-0.25, -0.2) is 0 Å². The molecule has 0 aromatic carbocycles. The molecular formula is C4H10N2O2. The van der Waals surface area contributed by atoms with Crippen LogP contribution in [0.2, 0.25) is 0 Å². The van der Waals surface area contributed by atoms with E-state index in [1.807, 2.05) is 0 Å². The zero-order valence-electron chi connectivity index (χ0n) is 4.50. The zero-order chi connectivity index (χ0) is 5.98. The van der Waals surface area contributed by atoms with Crippen LogP contribution in [0.4, 0.5) is 0 Å². The highest BCUT2D eigenvalue weighted by Crippen LogP contribution is 1.90. The molecule has 48 valence electrons. The van der Waals surface area contributed by atoms with Gasteiger partial charge in [-0.2, -0.15) is 0 Å². The molecule has 2 atom stereocenters. The van der Waals surface area contributed by atoms with Crippen LogP contribution < -0.4 is 11.1 Å². The Balaban J connectivity index is 2.23. The number of aliphatic hydroxyl groups excluding tert-OH is 1. The summed E-state index contributed by atoms with van der Waals surface area (Å²) in [4.78, 5) is 0. The van der Waals surface area contributed by atoms with Gasteiger partial charge < -0.3 is 15.6 Å². The summed E-state index contributed by atoms with van der Waals surface area (Å²) in [6.07, 6.45) is -0.794. The summed E-state index contributed by atoms with van der Waals surface area (Å²) in [7, 11) is 0. The van der Waals surface area contributed by atoms with E-state index in [1.54, 1.807) is 0 Å². The van der Waals surface area contributed by atoms with Gasteiger partial charge in [0.15, 0.2) is 0 Å². The molecule has 4 heteroatoms. The standard InChI is InChI=1S/C4H10N2O2/c5-3-1-8-2-4(7)6-3/h3-4,6-7H,1-2,5H2. The molecule has 1 heterocycles. The van der Waals surface area contributed by atoms with Crippen LogP contribution in [-0.2, 0) is 4.74 Å². The van der Waals surface area contributed by atoms with E-state index in [1.165, 1.54) is 0 Å². The summed E-state index contributed by atoms with van der Waals surface area (Å²) < 4.78 is 4.86. The number of rotatable bonds is 0. The Bertz CT molecular complexity index is 70.4. The van der Waals surface area contributed by atoms with Gasteiger partial charge in [-0.1, -0.05) is 0 Å². The molecule has 4 N–H and O–H groups in total. The molecule has 0 saturated carbocycles. The van der Waals surface area contributed by atoms with E-state index >= 15 is 0 Å². The lowest BCUT2D eigenvalue weighted by molar-refractivity contribution is -0.0380. The quantitative estimate of drug-likeness (QED) is 0.351. The molecule has 2 unspecified atom stereocenters. The Kier molecular flexibility index (Phi) is 1.80. The lowest BCUT2D eigenvalue weighted by Crippen LogP contribution is -2.53. The van der Waals surface area contributed by atoms with Gasteiger partial charge in [-0.15, -0.1) is 0 Å². The molecule has 4 nitrogen and oxygen atoms in total. The van der Waals surface area contributed by atoms with E-state index in [9.17, 15) is 0 Å². The molecule has 0 bridgehead atoms. The summed E-state index contributed by atoms with van der Waals surface area (Å²) in [5.41, 5.74) is 5.33. The third-order valence-electron chi connectivity index (χ3n) is 0.980. The van der Waals surface area contributed by atoms with Crippen LogP contribution in [0.15, 0.2) is 0 Å². The summed E-state index contributed by atoms with van der Waals surface area (Å²) in [5.74, 6) is 0. The van der Waals surface area contributed by atoms with Crippen molar-refractivity contribution in [2.75, 3.05) is 13.2 Å². The number of aliphatic hydroxyl groups is 1. The Morgan fingerprint density at radius 1 is 1.62 bits per heavy atom. The van der Waals surface area contributed by atoms with Gasteiger partial charge in [-0.05, 0) is 0 Å². The number of hydrogen-bond donors (Lipinski definition) is 3. The van der Waals surface area contributed by atoms with E-state index in [4.69, 9.17) is 15.6 Å². The van der Waals surface area contributed by atoms with Crippen molar-refractivity contribution < 1.29 is 9.84 Å². The van der Waals surface area contributed by atoms with Crippen LogP contribution in [0.5, 0.6) is 0 Å². The summed E-state index contributed by atoms with van der Waals surface area (Å²) >= 11 is 0. The summed E-state index contributed by atoms with van der Waals surface area (Å²) in [5, 5.41) is 11.5. The number of nitrogens with two attached hydrogens (primary N) is 1. The van der Waals surface area contributed by atoms with Crippen LogP contribution in [0, 0.1) is 0 Å². The highest BCUT2D eigenvalue weighted by atomic mass is 16.5. The number of hydrogen-bond acceptors (Lipinski definition) is 4. The van der Waals surface area contributed by atoms with Gasteiger partial charge in [0.2, 0.25) is 0 Å². The molecule has 1 rings (SSSR count). The van der Waals surface area contributed by atoms with Crippen molar-refractivity contribution in [3.8, 4) is 0 Å². The van der Waals surface area contributed by atoms with Gasteiger partial charge in [0.25, 0.3) is 0 Å². The predicted molar refractivity (Wildman–Crippen MR) is 27.9 cm³/mol. The lowest BCUT2D eigenvalue weighted by Gasteiger charge is -2.24. The van der Waals surface area contributed by atoms with E-state index in [0.29, 0.717) is 13.2 Å². The van der Waals surface area contributed by atoms with Crippen molar-refractivity contribution in [1.29, 1.82) is 0 Å². The van der Waals surface area contributed by atoms with Crippen LogP contribution >= 0.6 is 0 Å². The van der Waals surface area contributed by atoms with E-state index in [0.717, 1.165) is 0 Å². The van der Waals surface area contributed by atoms with Gasteiger partial charge >= 0.3 is 0 Å². The van der Waals surface area contributed by atoms with Crippen molar-refractivity contribution in [2.45, 2.75) is 12.4 Å². The SMILES string of the molecule is NC1COCC(O)N1. The fourth-order valence-corrected chi connectivity index (χ4v) is 0.650. The van der Waals surface area contributed by atoms with Crippen molar-refractivity contribution in [1.82, 2.24) is 5.32 Å². The second kappa shape index (κ2) is 2.41. The average molecular weight is 118 g/mol. The maximum atomic E-state index is 8.76. The van der Waals surface area contributed by atoms with Gasteiger partial charge in [0.05, 0.1) is 19.4 Å². The van der Waals surface area contributed by atoms with Gasteiger partial charge in [-0.3, -0.25) is 5.32 Å². The van der Waals surface area contributed by atoms with Gasteiger partial charge in [0, 0.05) is 0 Å². The molecule has 0 aromatic rings. The average Bonchev–Trinajstić information content (AvgIpc) is 1.64. The molecule has 1 aliphatic heterocycles. The smallest absolute Gasteiger partial charge is 0.129 e. The van der Waals surface area contributed by atoms with E-state index < -0.39 is 6.23 Å². The minimum absolute atomic E-state index is 0.209. The van der Waals surface area contributed by atoms with Crippen molar-refractivity contribution in [3.63, 3.8) is 0 Å². The minimum atomic E-state index is -0.584. The first-order valence-corrected chi connectivity index (χ1v) is 2.56. The van der Waals surface area contributed by atoms with Crippen molar-refractivity contribution >= 4 is 0 Å². The number of ether oxygens (including phenoxy) is 1. The van der Waals surface area contributed by atoms with Gasteiger partial charge in [0.1, 0.15) is 6.23 Å². The Morgan fingerprint density at radius 2 is 2.38 bits per heavy atom. The molecule has 1 fully saturated rings. The molecule has 1 saturated heterocycles. The second-order valence-electron chi connectivity index (χ2n) is 1.83. The molecule has 1 aliphatic rings. The molecule has 0 spiro atoms. The summed E-state index contributed by atoms with van der Waals surface area (Å²) in [6, 6.07) is 0.